The average Bonchev–Trinajstić information content (AvgIpc) is 3.24. The molecule has 0 saturated heterocycles. The van der Waals surface area contributed by atoms with Crippen LogP contribution in [0, 0.1) is 0 Å². The molecule has 0 unspecified atom stereocenters. The van der Waals surface area contributed by atoms with Crippen LogP contribution in [0.5, 0.6) is 11.5 Å². The third-order valence-electron chi connectivity index (χ3n) is 8.80. The largest absolute Gasteiger partial charge is 0.494 e. The molecule has 0 aliphatic heterocycles. The first-order valence-corrected chi connectivity index (χ1v) is 19.2. The second-order valence-electron chi connectivity index (χ2n) is 13.7. The van der Waals surface area contributed by atoms with Crippen LogP contribution in [0.4, 0.5) is 11.9 Å². The highest BCUT2D eigenvalue weighted by molar-refractivity contribution is 5.65. The Hall–Kier alpha value is -6.87. The third kappa shape index (κ3) is 13.9. The lowest BCUT2D eigenvalue weighted by Gasteiger charge is -2.13. The lowest BCUT2D eigenvalue weighted by atomic mass is 10.2. The summed E-state index contributed by atoms with van der Waals surface area (Å²) in [6, 6.07) is 25.9. The Morgan fingerprint density at radius 1 is 0.644 bits per heavy atom. The summed E-state index contributed by atoms with van der Waals surface area (Å²) in [6.07, 6.45) is 8.30. The van der Waals surface area contributed by atoms with Gasteiger partial charge in [-0.05, 0) is 80.2 Å². The Labute approximate surface area is 343 Å². The number of anilines is 2. The van der Waals surface area contributed by atoms with E-state index in [9.17, 15) is 14.4 Å². The molecule has 0 fully saturated rings. The number of ether oxygens (including phenoxy) is 3. The van der Waals surface area contributed by atoms with E-state index in [0.717, 1.165) is 46.7 Å². The van der Waals surface area contributed by atoms with E-state index in [-0.39, 0.29) is 17.1 Å². The van der Waals surface area contributed by atoms with Gasteiger partial charge in [0.1, 0.15) is 11.5 Å². The van der Waals surface area contributed by atoms with E-state index in [1.807, 2.05) is 72.8 Å². The molecule has 0 spiro atoms. The number of nitrogens with zero attached hydrogens (tertiary/aromatic N) is 7. The molecule has 0 saturated carbocycles. The van der Waals surface area contributed by atoms with Crippen molar-refractivity contribution in [3.8, 4) is 34.0 Å². The standard InChI is InChI=1S/C22H27N5O2.C22H24N4O4/c1-26(2)12-5-13-29-19-7-4-6-17(14-19)16-24-22-25-20(15-21(28)27(22)3)18-8-10-23-11-9-18;1-16(27)29-11-4-12-30-19-6-3-5-17(13-19)15-24-22-25-20(14-21(28)26(22)2)18-7-9-23-10-8-18/h4,6-11,14-15H,5,12-13,16H2,1-3H3,(H,24,25);3,5-10,13-14H,4,11-12,15H2,1-2H3,(H,24,25). The Balaban J connectivity index is 0.000000224. The summed E-state index contributed by atoms with van der Waals surface area (Å²) in [5.74, 6) is 2.27. The first-order valence-electron chi connectivity index (χ1n) is 19.2. The van der Waals surface area contributed by atoms with E-state index >= 15 is 0 Å². The molecule has 59 heavy (non-hydrogen) atoms. The fourth-order valence-corrected chi connectivity index (χ4v) is 5.62. The first kappa shape index (κ1) is 43.3. The van der Waals surface area contributed by atoms with E-state index < -0.39 is 0 Å². The highest BCUT2D eigenvalue weighted by Crippen LogP contribution is 2.20. The molecule has 0 radical (unpaired) electrons. The van der Waals surface area contributed by atoms with Gasteiger partial charge < -0.3 is 29.7 Å². The van der Waals surface area contributed by atoms with Gasteiger partial charge in [-0.15, -0.1) is 0 Å². The van der Waals surface area contributed by atoms with Crippen LogP contribution >= 0.6 is 0 Å². The SMILES string of the molecule is CC(=O)OCCCOc1cccc(CNc2nc(-c3ccncc3)cc(=O)n2C)c1.CN(C)CCCOc1cccc(CNc2nc(-c3ccncc3)cc(=O)n2C)c1. The molecule has 0 aliphatic rings. The number of carbonyl (C=O) groups excluding carboxylic acids is 1. The summed E-state index contributed by atoms with van der Waals surface area (Å²) in [5.41, 5.74) is 4.67. The molecule has 2 aromatic carbocycles. The highest BCUT2D eigenvalue weighted by atomic mass is 16.5. The fourth-order valence-electron chi connectivity index (χ4n) is 5.62. The molecule has 15 heteroatoms. The highest BCUT2D eigenvalue weighted by Gasteiger charge is 2.10. The molecule has 6 aromatic rings. The Morgan fingerprint density at radius 2 is 1.10 bits per heavy atom. The summed E-state index contributed by atoms with van der Waals surface area (Å²) < 4.78 is 19.4. The number of rotatable bonds is 18. The van der Waals surface area contributed by atoms with Gasteiger partial charge in [0.15, 0.2) is 0 Å². The van der Waals surface area contributed by atoms with E-state index in [2.05, 4.69) is 49.6 Å². The molecule has 0 bridgehead atoms. The van der Waals surface area contributed by atoms with Crippen molar-refractivity contribution in [2.45, 2.75) is 32.9 Å². The van der Waals surface area contributed by atoms with Gasteiger partial charge in [-0.1, -0.05) is 24.3 Å². The van der Waals surface area contributed by atoms with Crippen molar-refractivity contribution < 1.29 is 19.0 Å². The van der Waals surface area contributed by atoms with Crippen LogP contribution < -0.4 is 31.2 Å². The van der Waals surface area contributed by atoms with Crippen molar-refractivity contribution in [1.82, 2.24) is 34.0 Å². The number of benzene rings is 2. The normalized spacial score (nSPS) is 10.7. The molecule has 6 rings (SSSR count). The van der Waals surface area contributed by atoms with Gasteiger partial charge in [0.25, 0.3) is 11.1 Å². The van der Waals surface area contributed by atoms with E-state index in [4.69, 9.17) is 14.2 Å². The van der Waals surface area contributed by atoms with Crippen molar-refractivity contribution in [3.63, 3.8) is 0 Å². The van der Waals surface area contributed by atoms with Gasteiger partial charge in [-0.25, -0.2) is 9.97 Å². The topological polar surface area (TPSA) is 168 Å². The zero-order valence-electron chi connectivity index (χ0n) is 34.1. The van der Waals surface area contributed by atoms with Crippen molar-refractivity contribution >= 4 is 17.9 Å². The third-order valence-corrected chi connectivity index (χ3v) is 8.80. The molecule has 0 aliphatic carbocycles. The summed E-state index contributed by atoms with van der Waals surface area (Å²) >= 11 is 0. The second-order valence-corrected chi connectivity index (χ2v) is 13.7. The van der Waals surface area contributed by atoms with Gasteiger partial charge in [0.2, 0.25) is 11.9 Å². The predicted octanol–water partition coefficient (Wildman–Crippen LogP) is 5.57. The molecule has 0 amide bonds. The maximum atomic E-state index is 12.3. The molecular formula is C44H51N9O6. The number of pyridine rings is 2. The van der Waals surface area contributed by atoms with Crippen molar-refractivity contribution in [2.75, 3.05) is 51.1 Å². The van der Waals surface area contributed by atoms with Gasteiger partial charge in [0.05, 0.1) is 31.2 Å². The Bertz CT molecular complexity index is 2370. The number of hydrogen-bond donors (Lipinski definition) is 2. The summed E-state index contributed by atoms with van der Waals surface area (Å²) in [7, 11) is 7.49. The van der Waals surface area contributed by atoms with Crippen molar-refractivity contribution in [2.24, 2.45) is 14.1 Å². The maximum absolute atomic E-state index is 12.3. The van der Waals surface area contributed by atoms with E-state index in [0.29, 0.717) is 62.6 Å². The lowest BCUT2D eigenvalue weighted by Crippen LogP contribution is -2.21. The predicted molar refractivity (Wildman–Crippen MR) is 228 cm³/mol. The van der Waals surface area contributed by atoms with Crippen molar-refractivity contribution in [1.29, 1.82) is 0 Å². The second kappa shape index (κ2) is 22.2. The quantitative estimate of drug-likeness (QED) is 0.0819. The number of aromatic nitrogens is 6. The average molecular weight is 802 g/mol. The molecule has 4 heterocycles. The van der Waals surface area contributed by atoms with Crippen LogP contribution in [0.2, 0.25) is 0 Å². The Morgan fingerprint density at radius 3 is 1.54 bits per heavy atom. The maximum Gasteiger partial charge on any atom is 0.302 e. The zero-order valence-corrected chi connectivity index (χ0v) is 34.1. The van der Waals surface area contributed by atoms with Gasteiger partial charge >= 0.3 is 5.97 Å². The number of esters is 1. The van der Waals surface area contributed by atoms with Gasteiger partial charge in [0, 0.05) is 95.1 Å². The molecule has 15 nitrogen and oxygen atoms in total. The number of hydrogen-bond acceptors (Lipinski definition) is 13. The molecule has 4 aromatic heterocycles. The number of nitrogens with one attached hydrogen (secondary N) is 2. The van der Waals surface area contributed by atoms with Crippen molar-refractivity contribution in [3.05, 3.63) is 142 Å². The number of carbonyl (C=O) groups is 1. The molecular weight excluding hydrogens is 751 g/mol. The lowest BCUT2D eigenvalue weighted by molar-refractivity contribution is -0.141. The monoisotopic (exact) mass is 801 g/mol. The molecule has 2 N–H and O–H groups in total. The van der Waals surface area contributed by atoms with Gasteiger partial charge in [-0.2, -0.15) is 0 Å². The minimum atomic E-state index is -0.293. The van der Waals surface area contributed by atoms with Crippen LogP contribution in [0.25, 0.3) is 22.5 Å². The van der Waals surface area contributed by atoms with Gasteiger partial charge in [-0.3, -0.25) is 33.5 Å². The summed E-state index contributed by atoms with van der Waals surface area (Å²) in [4.78, 5) is 54.8. The Kier molecular flexibility index (Phi) is 16.3. The van der Waals surface area contributed by atoms with E-state index in [1.54, 1.807) is 38.9 Å². The van der Waals surface area contributed by atoms with Crippen LogP contribution in [-0.2, 0) is 36.7 Å². The van der Waals surface area contributed by atoms with Crippen LogP contribution in [0.3, 0.4) is 0 Å². The van der Waals surface area contributed by atoms with Crippen LogP contribution in [0.1, 0.15) is 30.9 Å². The van der Waals surface area contributed by atoms with Crippen LogP contribution in [0.15, 0.2) is 119 Å². The summed E-state index contributed by atoms with van der Waals surface area (Å²) in [5, 5.41) is 6.48. The first-order chi connectivity index (χ1) is 28.5. The fraction of sp³-hybridized carbons (Fsp3) is 0.295. The molecule has 0 atom stereocenters. The smallest absolute Gasteiger partial charge is 0.302 e. The van der Waals surface area contributed by atoms with Crippen LogP contribution in [-0.4, -0.2) is 80.4 Å². The zero-order chi connectivity index (χ0) is 42.0. The minimum Gasteiger partial charge on any atom is -0.494 e. The van der Waals surface area contributed by atoms with E-state index in [1.165, 1.54) is 28.2 Å². The summed E-state index contributed by atoms with van der Waals surface area (Å²) in [6.45, 7) is 4.86. The minimum absolute atomic E-state index is 0.118. The molecule has 308 valence electrons.